The molecule has 0 unspecified atom stereocenters. The van der Waals surface area contributed by atoms with Gasteiger partial charge in [-0.1, -0.05) is 18.7 Å². The first-order chi connectivity index (χ1) is 9.13. The number of ether oxygens (including phenoxy) is 1. The Kier molecular flexibility index (Phi) is 4.26. The van der Waals surface area contributed by atoms with Crippen LogP contribution in [0.25, 0.3) is 0 Å². The average molecular weight is 281 g/mol. The summed E-state index contributed by atoms with van der Waals surface area (Å²) in [7, 11) is 1.33. The molecule has 6 nitrogen and oxygen atoms in total. The van der Waals surface area contributed by atoms with E-state index < -0.39 is 5.97 Å². The van der Waals surface area contributed by atoms with Crippen molar-refractivity contribution in [2.75, 3.05) is 7.11 Å². The summed E-state index contributed by atoms with van der Waals surface area (Å²) in [5, 5.41) is 7.52. The summed E-state index contributed by atoms with van der Waals surface area (Å²) in [5.41, 5.74) is 0.968. The Balaban J connectivity index is 2.10. The van der Waals surface area contributed by atoms with Crippen molar-refractivity contribution in [1.29, 1.82) is 0 Å². The van der Waals surface area contributed by atoms with E-state index >= 15 is 0 Å². The number of H-pyrrole nitrogens is 1. The zero-order chi connectivity index (χ0) is 13.8. The predicted octanol–water partition coefficient (Wildman–Crippen LogP) is 2.35. The lowest BCUT2D eigenvalue weighted by Crippen LogP contribution is -1.98. The lowest BCUT2D eigenvalue weighted by atomic mass is 10.2. The van der Waals surface area contributed by atoms with Gasteiger partial charge in [-0.25, -0.2) is 9.78 Å². The Morgan fingerprint density at radius 2 is 2.37 bits per heavy atom. The second kappa shape index (κ2) is 5.92. The van der Waals surface area contributed by atoms with E-state index in [0.29, 0.717) is 10.9 Å². The highest BCUT2D eigenvalue weighted by Crippen LogP contribution is 2.25. The van der Waals surface area contributed by atoms with Crippen LogP contribution >= 0.6 is 11.8 Å². The highest BCUT2D eigenvalue weighted by atomic mass is 32.2. The molecule has 102 valence electrons. The maximum atomic E-state index is 11.4. The van der Waals surface area contributed by atoms with Gasteiger partial charge in [0.15, 0.2) is 0 Å². The molecule has 2 rings (SSSR count). The van der Waals surface area contributed by atoms with Crippen LogP contribution in [-0.4, -0.2) is 28.3 Å². The number of carbonyl (C=O) groups is 1. The molecule has 0 saturated carbocycles. The Labute approximate surface area is 114 Å². The lowest BCUT2D eigenvalue weighted by Gasteiger charge is -1.96. The molecule has 0 atom stereocenters. The number of nitrogens with one attached hydrogen (secondary N) is 1. The maximum absolute atomic E-state index is 11.4. The van der Waals surface area contributed by atoms with Crippen LogP contribution in [0.15, 0.2) is 15.6 Å². The van der Waals surface area contributed by atoms with E-state index in [0.717, 1.165) is 23.6 Å². The summed E-state index contributed by atoms with van der Waals surface area (Å²) in [6.07, 6.45) is 0.722. The van der Waals surface area contributed by atoms with E-state index in [4.69, 9.17) is 4.42 Å². The number of aromatic amines is 1. The zero-order valence-corrected chi connectivity index (χ0v) is 11.8. The fourth-order valence-corrected chi connectivity index (χ4v) is 2.46. The van der Waals surface area contributed by atoms with Crippen molar-refractivity contribution in [3.05, 3.63) is 29.0 Å². The molecule has 0 aliphatic carbocycles. The summed E-state index contributed by atoms with van der Waals surface area (Å²) in [5.74, 6) is 2.00. The van der Waals surface area contributed by atoms with E-state index in [1.807, 2.05) is 13.8 Å². The van der Waals surface area contributed by atoms with E-state index in [2.05, 4.69) is 19.9 Å². The highest BCUT2D eigenvalue weighted by molar-refractivity contribution is 7.98. The SMILES string of the molecule is CCc1oc(C(=O)OC)cc1CSc1n[nH]c(C)n1. The molecular weight excluding hydrogens is 266 g/mol. The van der Waals surface area contributed by atoms with Gasteiger partial charge in [0.05, 0.1) is 7.11 Å². The van der Waals surface area contributed by atoms with Gasteiger partial charge in [-0.05, 0) is 13.0 Å². The van der Waals surface area contributed by atoms with Crippen molar-refractivity contribution in [3.8, 4) is 0 Å². The van der Waals surface area contributed by atoms with Gasteiger partial charge in [-0.2, -0.15) is 0 Å². The van der Waals surface area contributed by atoms with Crippen LogP contribution < -0.4 is 0 Å². The quantitative estimate of drug-likeness (QED) is 0.669. The molecular formula is C12H15N3O3S. The maximum Gasteiger partial charge on any atom is 0.373 e. The highest BCUT2D eigenvalue weighted by Gasteiger charge is 2.16. The second-order valence-electron chi connectivity index (χ2n) is 3.90. The third-order valence-corrected chi connectivity index (χ3v) is 3.43. The number of hydrogen-bond donors (Lipinski definition) is 1. The van der Waals surface area contributed by atoms with Crippen LogP contribution in [0.5, 0.6) is 0 Å². The van der Waals surface area contributed by atoms with Crippen molar-refractivity contribution in [3.63, 3.8) is 0 Å². The standard InChI is InChI=1S/C12H15N3O3S/c1-4-9-8(5-10(18-9)11(16)17-3)6-19-12-13-7(2)14-15-12/h5H,4,6H2,1-3H3,(H,13,14,15). The molecule has 2 heterocycles. The minimum absolute atomic E-state index is 0.237. The van der Waals surface area contributed by atoms with Crippen LogP contribution in [0.2, 0.25) is 0 Å². The summed E-state index contributed by atoms with van der Waals surface area (Å²) in [6, 6.07) is 1.72. The molecule has 1 N–H and O–H groups in total. The molecule has 0 radical (unpaired) electrons. The number of aryl methyl sites for hydroxylation is 2. The van der Waals surface area contributed by atoms with Crippen LogP contribution in [0.3, 0.4) is 0 Å². The Morgan fingerprint density at radius 1 is 1.58 bits per heavy atom. The predicted molar refractivity (Wildman–Crippen MR) is 70.1 cm³/mol. The molecule has 19 heavy (non-hydrogen) atoms. The topological polar surface area (TPSA) is 81.0 Å². The van der Waals surface area contributed by atoms with Crippen LogP contribution in [0.4, 0.5) is 0 Å². The molecule has 0 bridgehead atoms. The van der Waals surface area contributed by atoms with Gasteiger partial charge in [0.2, 0.25) is 10.9 Å². The van der Waals surface area contributed by atoms with Gasteiger partial charge in [-0.15, -0.1) is 5.10 Å². The molecule has 0 spiro atoms. The van der Waals surface area contributed by atoms with Gasteiger partial charge in [0, 0.05) is 17.7 Å². The first-order valence-corrected chi connectivity index (χ1v) is 6.84. The minimum Gasteiger partial charge on any atom is -0.463 e. The number of hydrogen-bond acceptors (Lipinski definition) is 6. The monoisotopic (exact) mass is 281 g/mol. The van der Waals surface area contributed by atoms with E-state index in [1.54, 1.807) is 6.07 Å². The molecule has 0 fully saturated rings. The molecule has 0 aliphatic rings. The third kappa shape index (κ3) is 3.17. The average Bonchev–Trinajstić information content (AvgIpc) is 3.01. The van der Waals surface area contributed by atoms with Crippen molar-refractivity contribution in [2.45, 2.75) is 31.2 Å². The first kappa shape index (κ1) is 13.7. The Morgan fingerprint density at radius 3 is 2.95 bits per heavy atom. The first-order valence-electron chi connectivity index (χ1n) is 5.85. The summed E-state index contributed by atoms with van der Waals surface area (Å²) >= 11 is 1.49. The number of methoxy groups -OCH3 is 1. The van der Waals surface area contributed by atoms with Crippen molar-refractivity contribution in [2.24, 2.45) is 0 Å². The lowest BCUT2D eigenvalue weighted by molar-refractivity contribution is 0.0563. The molecule has 0 amide bonds. The normalized spacial score (nSPS) is 10.7. The number of nitrogens with zero attached hydrogens (tertiary/aromatic N) is 2. The van der Waals surface area contributed by atoms with Crippen LogP contribution in [0.1, 0.15) is 34.6 Å². The zero-order valence-electron chi connectivity index (χ0n) is 11.0. The van der Waals surface area contributed by atoms with Crippen LogP contribution in [-0.2, 0) is 16.9 Å². The fraction of sp³-hybridized carbons (Fsp3) is 0.417. The minimum atomic E-state index is -0.459. The number of rotatable bonds is 5. The molecule has 2 aromatic heterocycles. The Bertz CT molecular complexity index is 577. The number of aromatic nitrogens is 3. The van der Waals surface area contributed by atoms with E-state index in [1.165, 1.54) is 18.9 Å². The number of esters is 1. The van der Waals surface area contributed by atoms with E-state index in [9.17, 15) is 4.79 Å². The summed E-state index contributed by atoms with van der Waals surface area (Å²) in [6.45, 7) is 3.83. The fourth-order valence-electron chi connectivity index (χ4n) is 1.62. The van der Waals surface area contributed by atoms with Crippen molar-refractivity contribution in [1.82, 2.24) is 15.2 Å². The summed E-state index contributed by atoms with van der Waals surface area (Å²) in [4.78, 5) is 15.6. The van der Waals surface area contributed by atoms with Gasteiger partial charge >= 0.3 is 5.97 Å². The molecule has 2 aromatic rings. The smallest absolute Gasteiger partial charge is 0.373 e. The van der Waals surface area contributed by atoms with Gasteiger partial charge in [0.25, 0.3) is 0 Å². The second-order valence-corrected chi connectivity index (χ2v) is 4.84. The molecule has 7 heteroatoms. The van der Waals surface area contributed by atoms with Gasteiger partial charge in [-0.3, -0.25) is 5.10 Å². The van der Waals surface area contributed by atoms with Gasteiger partial charge in [0.1, 0.15) is 11.6 Å². The Hall–Kier alpha value is -1.76. The number of carbonyl (C=O) groups excluding carboxylic acids is 1. The largest absolute Gasteiger partial charge is 0.463 e. The molecule has 0 aliphatic heterocycles. The third-order valence-electron chi connectivity index (χ3n) is 2.54. The van der Waals surface area contributed by atoms with Gasteiger partial charge < -0.3 is 9.15 Å². The summed E-state index contributed by atoms with van der Waals surface area (Å²) < 4.78 is 10.1. The van der Waals surface area contributed by atoms with Crippen molar-refractivity contribution >= 4 is 17.7 Å². The van der Waals surface area contributed by atoms with E-state index in [-0.39, 0.29) is 5.76 Å². The molecule has 0 saturated heterocycles. The molecule has 0 aromatic carbocycles. The van der Waals surface area contributed by atoms with Crippen LogP contribution in [0, 0.1) is 6.92 Å². The number of thioether (sulfide) groups is 1. The number of furan rings is 1. The van der Waals surface area contributed by atoms with Crippen molar-refractivity contribution < 1.29 is 13.9 Å².